The van der Waals surface area contributed by atoms with Crippen LogP contribution in [0.5, 0.6) is 0 Å². The van der Waals surface area contributed by atoms with Crippen molar-refractivity contribution in [3.63, 3.8) is 0 Å². The van der Waals surface area contributed by atoms with Crippen LogP contribution in [0.1, 0.15) is 32.6 Å². The number of hydrogen-bond donors (Lipinski definition) is 1. The molecule has 0 bridgehead atoms. The van der Waals surface area contributed by atoms with Crippen LogP contribution in [-0.4, -0.2) is 37.6 Å². The fraction of sp³-hybridized carbons (Fsp3) is 1.00. The molecule has 1 aliphatic carbocycles. The van der Waals surface area contributed by atoms with Gasteiger partial charge in [-0.2, -0.15) is 0 Å². The van der Waals surface area contributed by atoms with Crippen molar-refractivity contribution in [2.24, 2.45) is 11.8 Å². The van der Waals surface area contributed by atoms with E-state index in [0.29, 0.717) is 0 Å². The van der Waals surface area contributed by atoms with Gasteiger partial charge in [-0.1, -0.05) is 6.92 Å². The van der Waals surface area contributed by atoms with E-state index < -0.39 is 0 Å². The van der Waals surface area contributed by atoms with E-state index >= 15 is 0 Å². The van der Waals surface area contributed by atoms with Crippen LogP contribution in [0.3, 0.4) is 0 Å². The normalized spacial score (nSPS) is 38.6. The molecule has 1 aliphatic heterocycles. The molecule has 1 saturated carbocycles. The summed E-state index contributed by atoms with van der Waals surface area (Å²) in [6, 6.07) is 0.831. The Hall–Kier alpha value is -0.0800. The second-order valence-corrected chi connectivity index (χ2v) is 5.31. The van der Waals surface area contributed by atoms with E-state index in [1.165, 1.54) is 45.3 Å². The fourth-order valence-electron chi connectivity index (χ4n) is 2.80. The molecule has 0 aromatic heterocycles. The summed E-state index contributed by atoms with van der Waals surface area (Å²) in [5, 5.41) is 3.35. The third-order valence-corrected chi connectivity index (χ3v) is 4.01. The molecule has 1 N–H and O–H groups in total. The molecule has 1 atom stereocenters. The maximum Gasteiger partial charge on any atom is 0.00693 e. The second-order valence-electron chi connectivity index (χ2n) is 5.31. The molecule has 1 saturated heterocycles. The zero-order chi connectivity index (χ0) is 9.97. The first-order valence-corrected chi connectivity index (χ1v) is 6.17. The van der Waals surface area contributed by atoms with Crippen LogP contribution in [0.15, 0.2) is 0 Å². The molecule has 2 aliphatic rings. The van der Waals surface area contributed by atoms with Crippen molar-refractivity contribution in [1.29, 1.82) is 0 Å². The highest BCUT2D eigenvalue weighted by atomic mass is 15.1. The Morgan fingerprint density at radius 3 is 2.71 bits per heavy atom. The third kappa shape index (κ3) is 2.48. The summed E-state index contributed by atoms with van der Waals surface area (Å²) in [5.41, 5.74) is 0. The van der Waals surface area contributed by atoms with Gasteiger partial charge in [0.1, 0.15) is 0 Å². The highest BCUT2D eigenvalue weighted by molar-refractivity contribution is 4.85. The van der Waals surface area contributed by atoms with E-state index in [-0.39, 0.29) is 0 Å². The van der Waals surface area contributed by atoms with Crippen LogP contribution in [-0.2, 0) is 0 Å². The zero-order valence-electron chi connectivity index (χ0n) is 9.63. The molecule has 2 rings (SSSR count). The van der Waals surface area contributed by atoms with Crippen molar-refractivity contribution in [2.45, 2.75) is 38.6 Å². The van der Waals surface area contributed by atoms with Crippen molar-refractivity contribution in [3.8, 4) is 0 Å². The molecular weight excluding hydrogens is 172 g/mol. The highest BCUT2D eigenvalue weighted by Gasteiger charge is 2.28. The molecule has 2 nitrogen and oxygen atoms in total. The molecule has 0 aromatic carbocycles. The summed E-state index contributed by atoms with van der Waals surface area (Å²) in [6.45, 7) is 6.43. The summed E-state index contributed by atoms with van der Waals surface area (Å²) in [6.07, 6.45) is 5.69. The van der Waals surface area contributed by atoms with Gasteiger partial charge in [0.2, 0.25) is 0 Å². The maximum absolute atomic E-state index is 3.35. The largest absolute Gasteiger partial charge is 0.317 e. The molecule has 14 heavy (non-hydrogen) atoms. The SMILES string of the molecule is CNC1CC(CCN2CC[C@@H](C)C2)C1. The minimum atomic E-state index is 0.831. The first kappa shape index (κ1) is 10.4. The van der Waals surface area contributed by atoms with E-state index in [0.717, 1.165) is 17.9 Å². The van der Waals surface area contributed by atoms with Gasteiger partial charge in [-0.25, -0.2) is 0 Å². The molecule has 82 valence electrons. The number of nitrogens with one attached hydrogen (secondary N) is 1. The summed E-state index contributed by atoms with van der Waals surface area (Å²) in [4.78, 5) is 2.65. The van der Waals surface area contributed by atoms with E-state index in [2.05, 4.69) is 24.2 Å². The molecule has 0 spiro atoms. The minimum absolute atomic E-state index is 0.831. The first-order chi connectivity index (χ1) is 6.78. The Morgan fingerprint density at radius 1 is 1.36 bits per heavy atom. The molecule has 1 heterocycles. The van der Waals surface area contributed by atoms with E-state index in [1.807, 2.05) is 0 Å². The lowest BCUT2D eigenvalue weighted by Gasteiger charge is -2.36. The highest BCUT2D eigenvalue weighted by Crippen LogP contribution is 2.30. The van der Waals surface area contributed by atoms with Crippen molar-refractivity contribution in [2.75, 3.05) is 26.7 Å². The Morgan fingerprint density at radius 2 is 2.14 bits per heavy atom. The molecular formula is C12H24N2. The van der Waals surface area contributed by atoms with Crippen LogP contribution < -0.4 is 5.32 Å². The standard InChI is InChI=1S/C12H24N2/c1-10-3-5-14(9-10)6-4-11-7-12(8-11)13-2/h10-13H,3-9H2,1-2H3/t10-,11?,12?/m1/s1. The summed E-state index contributed by atoms with van der Waals surface area (Å²) in [7, 11) is 2.09. The molecule has 0 unspecified atom stereocenters. The predicted molar refractivity (Wildman–Crippen MR) is 60.4 cm³/mol. The second kappa shape index (κ2) is 4.63. The van der Waals surface area contributed by atoms with Gasteiger partial charge in [-0.15, -0.1) is 0 Å². The predicted octanol–water partition coefficient (Wildman–Crippen LogP) is 1.72. The number of hydrogen-bond acceptors (Lipinski definition) is 2. The monoisotopic (exact) mass is 196 g/mol. The number of likely N-dealkylation sites (tertiary alicyclic amines) is 1. The van der Waals surface area contributed by atoms with Gasteiger partial charge in [0, 0.05) is 12.6 Å². The fourth-order valence-corrected chi connectivity index (χ4v) is 2.80. The van der Waals surface area contributed by atoms with Crippen LogP contribution in [0, 0.1) is 11.8 Å². The zero-order valence-corrected chi connectivity index (χ0v) is 9.63. The van der Waals surface area contributed by atoms with Gasteiger partial charge in [0.15, 0.2) is 0 Å². The minimum Gasteiger partial charge on any atom is -0.317 e. The summed E-state index contributed by atoms with van der Waals surface area (Å²) < 4.78 is 0. The molecule has 0 aromatic rings. The van der Waals surface area contributed by atoms with Gasteiger partial charge >= 0.3 is 0 Å². The smallest absolute Gasteiger partial charge is 0.00693 e. The Kier molecular flexibility index (Phi) is 3.45. The van der Waals surface area contributed by atoms with Crippen molar-refractivity contribution >= 4 is 0 Å². The Labute approximate surface area is 88.1 Å². The number of rotatable bonds is 4. The van der Waals surface area contributed by atoms with Crippen molar-refractivity contribution < 1.29 is 0 Å². The average Bonchev–Trinajstić information content (AvgIpc) is 2.49. The molecule has 0 radical (unpaired) electrons. The van der Waals surface area contributed by atoms with Crippen LogP contribution in [0.2, 0.25) is 0 Å². The third-order valence-electron chi connectivity index (χ3n) is 4.01. The van der Waals surface area contributed by atoms with Crippen LogP contribution >= 0.6 is 0 Å². The first-order valence-electron chi connectivity index (χ1n) is 6.17. The topological polar surface area (TPSA) is 15.3 Å². The van der Waals surface area contributed by atoms with Crippen molar-refractivity contribution in [3.05, 3.63) is 0 Å². The number of nitrogens with zero attached hydrogens (tertiary/aromatic N) is 1. The van der Waals surface area contributed by atoms with Crippen molar-refractivity contribution in [1.82, 2.24) is 10.2 Å². The molecule has 0 amide bonds. The van der Waals surface area contributed by atoms with Gasteiger partial charge in [0.25, 0.3) is 0 Å². The maximum atomic E-state index is 3.35. The Bertz CT molecular complexity index is 175. The molecule has 2 heteroatoms. The lowest BCUT2D eigenvalue weighted by molar-refractivity contribution is 0.191. The lowest BCUT2D eigenvalue weighted by atomic mass is 9.78. The van der Waals surface area contributed by atoms with Gasteiger partial charge in [0.05, 0.1) is 0 Å². The molecule has 2 fully saturated rings. The van der Waals surface area contributed by atoms with Gasteiger partial charge in [-0.3, -0.25) is 0 Å². The van der Waals surface area contributed by atoms with E-state index in [1.54, 1.807) is 0 Å². The van der Waals surface area contributed by atoms with Gasteiger partial charge in [-0.05, 0) is 57.7 Å². The lowest BCUT2D eigenvalue weighted by Crippen LogP contribution is -2.40. The van der Waals surface area contributed by atoms with E-state index in [9.17, 15) is 0 Å². The van der Waals surface area contributed by atoms with E-state index in [4.69, 9.17) is 0 Å². The Balaban J connectivity index is 1.56. The quantitative estimate of drug-likeness (QED) is 0.736. The summed E-state index contributed by atoms with van der Waals surface area (Å²) >= 11 is 0. The summed E-state index contributed by atoms with van der Waals surface area (Å²) in [5.74, 6) is 1.96. The van der Waals surface area contributed by atoms with Crippen LogP contribution in [0.25, 0.3) is 0 Å². The average molecular weight is 196 g/mol. The van der Waals surface area contributed by atoms with Gasteiger partial charge < -0.3 is 10.2 Å². The van der Waals surface area contributed by atoms with Crippen LogP contribution in [0.4, 0.5) is 0 Å².